The summed E-state index contributed by atoms with van der Waals surface area (Å²) in [6.45, 7) is 4.28. The number of carbonyl (C=O) groups excluding carboxylic acids is 2. The highest BCUT2D eigenvalue weighted by Crippen LogP contribution is 2.28. The average Bonchev–Trinajstić information content (AvgIpc) is 2.46. The van der Waals surface area contributed by atoms with E-state index in [1.165, 1.54) is 0 Å². The number of carboxylic acids is 1. The second-order valence-electron chi connectivity index (χ2n) is 5.80. The summed E-state index contributed by atoms with van der Waals surface area (Å²) in [6, 6.07) is 0.152. The number of carboxylic acid groups (broad SMARTS) is 1. The molecule has 21 heavy (non-hydrogen) atoms. The van der Waals surface area contributed by atoms with Crippen LogP contribution >= 0.6 is 0 Å². The van der Waals surface area contributed by atoms with E-state index in [0.717, 1.165) is 6.42 Å². The van der Waals surface area contributed by atoms with Crippen LogP contribution in [0.5, 0.6) is 0 Å². The maximum atomic E-state index is 11.9. The van der Waals surface area contributed by atoms with E-state index in [2.05, 4.69) is 10.6 Å². The molecule has 1 atom stereocenters. The fourth-order valence-electron chi connectivity index (χ4n) is 2.50. The Morgan fingerprint density at radius 1 is 1.14 bits per heavy atom. The maximum absolute atomic E-state index is 11.9. The molecular formula is C15H26N2O4. The molecule has 1 saturated carbocycles. The summed E-state index contributed by atoms with van der Waals surface area (Å²) >= 11 is 0. The van der Waals surface area contributed by atoms with Crippen LogP contribution in [-0.2, 0) is 14.4 Å². The molecule has 0 aromatic rings. The minimum atomic E-state index is -0.768. The van der Waals surface area contributed by atoms with Gasteiger partial charge in [-0.2, -0.15) is 0 Å². The van der Waals surface area contributed by atoms with Gasteiger partial charge >= 0.3 is 5.97 Å². The third-order valence-corrected chi connectivity index (χ3v) is 4.12. The van der Waals surface area contributed by atoms with E-state index in [9.17, 15) is 14.4 Å². The van der Waals surface area contributed by atoms with Crippen molar-refractivity contribution in [1.82, 2.24) is 10.6 Å². The number of amides is 2. The number of hydrogen-bond acceptors (Lipinski definition) is 3. The van der Waals surface area contributed by atoms with Gasteiger partial charge in [0.15, 0.2) is 0 Å². The highest BCUT2D eigenvalue weighted by molar-refractivity contribution is 5.81. The van der Waals surface area contributed by atoms with E-state index < -0.39 is 5.97 Å². The van der Waals surface area contributed by atoms with Crippen LogP contribution in [-0.4, -0.2) is 35.5 Å². The van der Waals surface area contributed by atoms with Crippen molar-refractivity contribution in [2.45, 2.75) is 58.4 Å². The van der Waals surface area contributed by atoms with Gasteiger partial charge in [-0.05, 0) is 39.0 Å². The lowest BCUT2D eigenvalue weighted by Crippen LogP contribution is -2.38. The monoisotopic (exact) mass is 298 g/mol. The van der Waals surface area contributed by atoms with Gasteiger partial charge in [-0.25, -0.2) is 0 Å². The molecule has 120 valence electrons. The summed E-state index contributed by atoms with van der Waals surface area (Å²) in [6.07, 6.45) is 3.50. The third kappa shape index (κ3) is 6.14. The second kappa shape index (κ2) is 8.64. The fourth-order valence-corrected chi connectivity index (χ4v) is 2.50. The molecule has 0 radical (unpaired) electrons. The number of rotatable bonds is 7. The first-order valence-electron chi connectivity index (χ1n) is 7.73. The van der Waals surface area contributed by atoms with Crippen molar-refractivity contribution in [1.29, 1.82) is 0 Å². The highest BCUT2D eigenvalue weighted by atomic mass is 16.4. The smallest absolute Gasteiger partial charge is 0.306 e. The SMILES string of the molecule is CCC(C)NC(=O)CCNC(=O)C1CCC(C(=O)O)CC1. The molecule has 0 aliphatic heterocycles. The lowest BCUT2D eigenvalue weighted by molar-refractivity contribution is -0.144. The van der Waals surface area contributed by atoms with E-state index in [-0.39, 0.29) is 36.1 Å². The van der Waals surface area contributed by atoms with Crippen LogP contribution in [0.4, 0.5) is 0 Å². The molecule has 1 aliphatic carbocycles. The molecule has 1 rings (SSSR count). The Morgan fingerprint density at radius 2 is 1.71 bits per heavy atom. The van der Waals surface area contributed by atoms with Crippen LogP contribution in [0.3, 0.4) is 0 Å². The maximum Gasteiger partial charge on any atom is 0.306 e. The summed E-state index contributed by atoms with van der Waals surface area (Å²) in [7, 11) is 0. The molecular weight excluding hydrogens is 272 g/mol. The van der Waals surface area contributed by atoms with Gasteiger partial charge in [0.25, 0.3) is 0 Å². The molecule has 6 nitrogen and oxygen atoms in total. The van der Waals surface area contributed by atoms with Gasteiger partial charge in [-0.3, -0.25) is 14.4 Å². The van der Waals surface area contributed by atoms with E-state index in [0.29, 0.717) is 32.2 Å². The van der Waals surface area contributed by atoms with E-state index in [1.54, 1.807) is 0 Å². The number of nitrogens with one attached hydrogen (secondary N) is 2. The highest BCUT2D eigenvalue weighted by Gasteiger charge is 2.29. The van der Waals surface area contributed by atoms with Gasteiger partial charge in [0.05, 0.1) is 5.92 Å². The molecule has 3 N–H and O–H groups in total. The Morgan fingerprint density at radius 3 is 2.24 bits per heavy atom. The predicted octanol–water partition coefficient (Wildman–Crippen LogP) is 1.30. The second-order valence-corrected chi connectivity index (χ2v) is 5.80. The van der Waals surface area contributed by atoms with Crippen LogP contribution in [0.1, 0.15) is 52.4 Å². The number of carbonyl (C=O) groups is 3. The van der Waals surface area contributed by atoms with Crippen LogP contribution in [0.15, 0.2) is 0 Å². The Kier molecular flexibility index (Phi) is 7.19. The predicted molar refractivity (Wildman–Crippen MR) is 78.6 cm³/mol. The van der Waals surface area contributed by atoms with Crippen molar-refractivity contribution < 1.29 is 19.5 Å². The Hall–Kier alpha value is -1.59. The van der Waals surface area contributed by atoms with Crippen molar-refractivity contribution in [2.75, 3.05) is 6.54 Å². The van der Waals surface area contributed by atoms with Crippen molar-refractivity contribution in [2.24, 2.45) is 11.8 Å². The van der Waals surface area contributed by atoms with Crippen LogP contribution in [0.25, 0.3) is 0 Å². The zero-order chi connectivity index (χ0) is 15.8. The first-order chi connectivity index (χ1) is 9.93. The van der Waals surface area contributed by atoms with E-state index in [4.69, 9.17) is 5.11 Å². The standard InChI is InChI=1S/C15H26N2O4/c1-3-10(2)17-13(18)8-9-16-14(19)11-4-6-12(7-5-11)15(20)21/h10-12H,3-9H2,1-2H3,(H,16,19)(H,17,18)(H,20,21). The molecule has 6 heteroatoms. The first-order valence-corrected chi connectivity index (χ1v) is 7.73. The summed E-state index contributed by atoms with van der Waals surface area (Å²) < 4.78 is 0. The summed E-state index contributed by atoms with van der Waals surface area (Å²) in [5, 5.41) is 14.5. The molecule has 0 spiro atoms. The minimum Gasteiger partial charge on any atom is -0.481 e. The van der Waals surface area contributed by atoms with Crippen molar-refractivity contribution in [3.8, 4) is 0 Å². The largest absolute Gasteiger partial charge is 0.481 e. The van der Waals surface area contributed by atoms with Gasteiger partial charge in [-0.1, -0.05) is 6.92 Å². The molecule has 2 amide bonds. The van der Waals surface area contributed by atoms with Crippen LogP contribution < -0.4 is 10.6 Å². The van der Waals surface area contributed by atoms with Crippen molar-refractivity contribution in [3.63, 3.8) is 0 Å². The van der Waals surface area contributed by atoms with Crippen LogP contribution in [0.2, 0.25) is 0 Å². The first kappa shape index (κ1) is 17.5. The molecule has 0 aromatic carbocycles. The summed E-state index contributed by atoms with van der Waals surface area (Å²) in [4.78, 5) is 34.4. The van der Waals surface area contributed by atoms with Crippen LogP contribution in [0, 0.1) is 11.8 Å². The molecule has 1 fully saturated rings. The van der Waals surface area contributed by atoms with Gasteiger partial charge in [0.2, 0.25) is 11.8 Å². The molecule has 0 saturated heterocycles. The Labute approximate surface area is 125 Å². The Bertz CT molecular complexity index is 376. The zero-order valence-corrected chi connectivity index (χ0v) is 12.9. The summed E-state index contributed by atoms with van der Waals surface area (Å²) in [5.41, 5.74) is 0. The van der Waals surface area contributed by atoms with Gasteiger partial charge in [0.1, 0.15) is 0 Å². The third-order valence-electron chi connectivity index (χ3n) is 4.12. The van der Waals surface area contributed by atoms with E-state index >= 15 is 0 Å². The van der Waals surface area contributed by atoms with Gasteiger partial charge in [0, 0.05) is 24.9 Å². The molecule has 0 aromatic heterocycles. The fraction of sp³-hybridized carbons (Fsp3) is 0.800. The molecule has 1 aliphatic rings. The quantitative estimate of drug-likeness (QED) is 0.660. The number of aliphatic carboxylic acids is 1. The topological polar surface area (TPSA) is 95.5 Å². The lowest BCUT2D eigenvalue weighted by Gasteiger charge is -2.25. The molecule has 0 heterocycles. The van der Waals surface area contributed by atoms with Crippen molar-refractivity contribution >= 4 is 17.8 Å². The molecule has 0 bridgehead atoms. The Balaban J connectivity index is 2.20. The number of hydrogen-bond donors (Lipinski definition) is 3. The van der Waals surface area contributed by atoms with Crippen molar-refractivity contribution in [3.05, 3.63) is 0 Å². The average molecular weight is 298 g/mol. The van der Waals surface area contributed by atoms with E-state index in [1.807, 2.05) is 13.8 Å². The zero-order valence-electron chi connectivity index (χ0n) is 12.9. The summed E-state index contributed by atoms with van der Waals surface area (Å²) in [5.74, 6) is -1.31. The molecule has 1 unspecified atom stereocenters. The lowest BCUT2D eigenvalue weighted by atomic mass is 9.81. The normalized spacial score (nSPS) is 23.1. The van der Waals surface area contributed by atoms with Gasteiger partial charge < -0.3 is 15.7 Å². The van der Waals surface area contributed by atoms with Gasteiger partial charge in [-0.15, -0.1) is 0 Å². The minimum absolute atomic E-state index is 0.0563.